The first kappa shape index (κ1) is 12.9. The van der Waals surface area contributed by atoms with E-state index in [-0.39, 0.29) is 17.6 Å². The maximum atomic E-state index is 11.9. The molecule has 0 fully saturated rings. The molecule has 0 radical (unpaired) electrons. The summed E-state index contributed by atoms with van der Waals surface area (Å²) in [4.78, 5) is 19.5. The number of hydrogen-bond donors (Lipinski definition) is 2. The van der Waals surface area contributed by atoms with Gasteiger partial charge in [-0.15, -0.1) is 0 Å². The Balaban J connectivity index is 2.78. The van der Waals surface area contributed by atoms with Crippen LogP contribution in [0.4, 0.5) is 5.82 Å². The Labute approximate surface area is 99.4 Å². The van der Waals surface area contributed by atoms with Gasteiger partial charge in [-0.25, -0.2) is 9.97 Å². The second kappa shape index (κ2) is 5.23. The van der Waals surface area contributed by atoms with Crippen molar-refractivity contribution in [1.29, 1.82) is 0 Å². The molecule has 0 spiro atoms. The van der Waals surface area contributed by atoms with Crippen molar-refractivity contribution in [3.05, 3.63) is 17.5 Å². The fraction of sp³-hybridized carbons (Fsp3) is 0.500. The van der Waals surface area contributed by atoms with Crippen LogP contribution in [0.2, 0.25) is 5.15 Å². The summed E-state index contributed by atoms with van der Waals surface area (Å²) in [6, 6.07) is 1.49. The van der Waals surface area contributed by atoms with E-state index in [1.807, 2.05) is 13.8 Å². The number of nitrogens with zero attached hydrogens (tertiary/aromatic N) is 2. The van der Waals surface area contributed by atoms with Gasteiger partial charge in [0.2, 0.25) is 5.91 Å². The molecule has 1 heterocycles. The van der Waals surface area contributed by atoms with Crippen molar-refractivity contribution in [3.63, 3.8) is 0 Å². The molecule has 1 aromatic rings. The van der Waals surface area contributed by atoms with Crippen molar-refractivity contribution in [1.82, 2.24) is 9.97 Å². The Hall–Kier alpha value is -1.20. The van der Waals surface area contributed by atoms with Crippen LogP contribution in [0.15, 0.2) is 12.4 Å². The number of rotatable bonds is 4. The molecule has 88 valence electrons. The average Bonchev–Trinajstić information content (AvgIpc) is 2.28. The van der Waals surface area contributed by atoms with E-state index in [2.05, 4.69) is 15.3 Å². The topological polar surface area (TPSA) is 80.9 Å². The van der Waals surface area contributed by atoms with Crippen LogP contribution in [-0.4, -0.2) is 22.4 Å². The van der Waals surface area contributed by atoms with Gasteiger partial charge in [-0.3, -0.25) is 4.79 Å². The molecule has 0 aliphatic heterocycles. The van der Waals surface area contributed by atoms with E-state index < -0.39 is 5.41 Å². The SMILES string of the molecule is CCC(C)(CN)C(=O)Nc1cc(Cl)ncn1. The summed E-state index contributed by atoms with van der Waals surface area (Å²) >= 11 is 5.68. The predicted molar refractivity (Wildman–Crippen MR) is 63.1 cm³/mol. The largest absolute Gasteiger partial charge is 0.329 e. The van der Waals surface area contributed by atoms with Crippen LogP contribution in [0.3, 0.4) is 0 Å². The average molecular weight is 243 g/mol. The molecule has 1 rings (SSSR count). The predicted octanol–water partition coefficient (Wildman–Crippen LogP) is 1.44. The van der Waals surface area contributed by atoms with Gasteiger partial charge in [-0.2, -0.15) is 0 Å². The zero-order chi connectivity index (χ0) is 12.2. The van der Waals surface area contributed by atoms with E-state index in [1.165, 1.54) is 12.4 Å². The Kier molecular flexibility index (Phi) is 4.20. The number of nitrogens with two attached hydrogens (primary N) is 1. The lowest BCUT2D eigenvalue weighted by Crippen LogP contribution is -2.39. The zero-order valence-corrected chi connectivity index (χ0v) is 10.1. The van der Waals surface area contributed by atoms with Crippen LogP contribution < -0.4 is 11.1 Å². The lowest BCUT2D eigenvalue weighted by Gasteiger charge is -2.24. The summed E-state index contributed by atoms with van der Waals surface area (Å²) in [5, 5.41) is 2.96. The molecule has 1 aromatic heterocycles. The number of nitrogens with one attached hydrogen (secondary N) is 1. The minimum atomic E-state index is -0.586. The standard InChI is InChI=1S/C10H15ClN4O/c1-3-10(2,5-12)9(16)15-8-4-7(11)13-6-14-8/h4,6H,3,5,12H2,1-2H3,(H,13,14,15,16). The normalized spacial score (nSPS) is 14.2. The van der Waals surface area contributed by atoms with E-state index in [0.29, 0.717) is 12.2 Å². The number of anilines is 1. The van der Waals surface area contributed by atoms with Crippen LogP contribution in [0, 0.1) is 5.41 Å². The van der Waals surface area contributed by atoms with Gasteiger partial charge in [0.25, 0.3) is 0 Å². The van der Waals surface area contributed by atoms with Gasteiger partial charge in [-0.1, -0.05) is 18.5 Å². The number of hydrogen-bond acceptors (Lipinski definition) is 4. The first-order valence-corrected chi connectivity index (χ1v) is 5.38. The second-order valence-corrected chi connectivity index (χ2v) is 4.19. The van der Waals surface area contributed by atoms with Crippen LogP contribution in [0.25, 0.3) is 0 Å². The van der Waals surface area contributed by atoms with Crippen molar-refractivity contribution in [2.75, 3.05) is 11.9 Å². The van der Waals surface area contributed by atoms with Gasteiger partial charge in [0.15, 0.2) is 0 Å². The van der Waals surface area contributed by atoms with Gasteiger partial charge in [0, 0.05) is 12.6 Å². The third-order valence-electron chi connectivity index (χ3n) is 2.65. The van der Waals surface area contributed by atoms with Gasteiger partial charge in [-0.05, 0) is 13.3 Å². The first-order chi connectivity index (χ1) is 7.51. The van der Waals surface area contributed by atoms with Crippen LogP contribution in [0.1, 0.15) is 20.3 Å². The molecule has 0 aliphatic rings. The Morgan fingerprint density at radius 2 is 2.31 bits per heavy atom. The smallest absolute Gasteiger partial charge is 0.232 e. The third kappa shape index (κ3) is 2.90. The lowest BCUT2D eigenvalue weighted by atomic mass is 9.87. The van der Waals surface area contributed by atoms with Crippen molar-refractivity contribution >= 4 is 23.3 Å². The first-order valence-electron chi connectivity index (χ1n) is 5.01. The van der Waals surface area contributed by atoms with Gasteiger partial charge in [0.05, 0.1) is 5.41 Å². The van der Waals surface area contributed by atoms with Crippen LogP contribution in [0.5, 0.6) is 0 Å². The highest BCUT2D eigenvalue weighted by atomic mass is 35.5. The monoisotopic (exact) mass is 242 g/mol. The molecule has 3 N–H and O–H groups in total. The number of amides is 1. The highest BCUT2D eigenvalue weighted by Crippen LogP contribution is 2.21. The van der Waals surface area contributed by atoms with Crippen molar-refractivity contribution in [2.24, 2.45) is 11.1 Å². The quantitative estimate of drug-likeness (QED) is 0.783. The molecule has 1 atom stereocenters. The lowest BCUT2D eigenvalue weighted by molar-refractivity contribution is -0.124. The molecule has 0 saturated heterocycles. The minimum Gasteiger partial charge on any atom is -0.329 e. The van der Waals surface area contributed by atoms with E-state index in [0.717, 1.165) is 0 Å². The maximum absolute atomic E-state index is 11.9. The number of halogens is 1. The Bertz CT molecular complexity index is 379. The van der Waals surface area contributed by atoms with Crippen molar-refractivity contribution < 1.29 is 4.79 Å². The van der Waals surface area contributed by atoms with E-state index in [1.54, 1.807) is 0 Å². The number of aromatic nitrogens is 2. The zero-order valence-electron chi connectivity index (χ0n) is 9.33. The van der Waals surface area contributed by atoms with Gasteiger partial charge < -0.3 is 11.1 Å². The molecule has 0 aromatic carbocycles. The van der Waals surface area contributed by atoms with Crippen molar-refractivity contribution in [2.45, 2.75) is 20.3 Å². The molecule has 0 aliphatic carbocycles. The molecule has 16 heavy (non-hydrogen) atoms. The van der Waals surface area contributed by atoms with E-state index in [9.17, 15) is 4.79 Å². The summed E-state index contributed by atoms with van der Waals surface area (Å²) in [6.07, 6.45) is 1.96. The molecule has 1 amide bonds. The fourth-order valence-corrected chi connectivity index (χ4v) is 1.21. The minimum absolute atomic E-state index is 0.160. The molecule has 0 saturated carbocycles. The molecule has 6 heteroatoms. The molecule has 0 bridgehead atoms. The van der Waals surface area contributed by atoms with Gasteiger partial charge in [0.1, 0.15) is 17.3 Å². The number of carbonyl (C=O) groups is 1. The summed E-state index contributed by atoms with van der Waals surface area (Å²) in [6.45, 7) is 4.01. The highest BCUT2D eigenvalue weighted by molar-refractivity contribution is 6.29. The third-order valence-corrected chi connectivity index (χ3v) is 2.86. The molecule has 5 nitrogen and oxygen atoms in total. The summed E-state index contributed by atoms with van der Waals surface area (Å²) in [5.74, 6) is 0.227. The molecule has 1 unspecified atom stereocenters. The summed E-state index contributed by atoms with van der Waals surface area (Å²) in [5.41, 5.74) is 5.00. The summed E-state index contributed by atoms with van der Waals surface area (Å²) < 4.78 is 0. The van der Waals surface area contributed by atoms with E-state index >= 15 is 0 Å². The van der Waals surface area contributed by atoms with Crippen LogP contribution in [-0.2, 0) is 4.79 Å². The summed E-state index contributed by atoms with van der Waals surface area (Å²) in [7, 11) is 0. The maximum Gasteiger partial charge on any atom is 0.232 e. The number of carbonyl (C=O) groups excluding carboxylic acids is 1. The molecular weight excluding hydrogens is 228 g/mol. The van der Waals surface area contributed by atoms with Crippen LogP contribution >= 0.6 is 11.6 Å². The van der Waals surface area contributed by atoms with Crippen molar-refractivity contribution in [3.8, 4) is 0 Å². The van der Waals surface area contributed by atoms with E-state index in [4.69, 9.17) is 17.3 Å². The van der Waals surface area contributed by atoms with Gasteiger partial charge >= 0.3 is 0 Å². The Morgan fingerprint density at radius 1 is 1.62 bits per heavy atom. The fourth-order valence-electron chi connectivity index (χ4n) is 1.07. The second-order valence-electron chi connectivity index (χ2n) is 3.80. The molecular formula is C10H15ClN4O. The highest BCUT2D eigenvalue weighted by Gasteiger charge is 2.29. The Morgan fingerprint density at radius 3 is 2.81 bits per heavy atom.